The van der Waals surface area contributed by atoms with Gasteiger partial charge in [0.2, 0.25) is 0 Å². The number of hydrogen-bond donors (Lipinski definition) is 2. The molecule has 0 aromatic rings. The van der Waals surface area contributed by atoms with Crippen molar-refractivity contribution in [3.8, 4) is 0 Å². The molecule has 0 bridgehead atoms. The molecule has 0 aromatic heterocycles. The van der Waals surface area contributed by atoms with Gasteiger partial charge in [-0.25, -0.2) is 0 Å². The zero-order valence-electron chi connectivity index (χ0n) is 8.79. The van der Waals surface area contributed by atoms with Gasteiger partial charge in [0.05, 0.1) is 6.10 Å². The molecule has 2 N–H and O–H groups in total. The Morgan fingerprint density at radius 2 is 2.23 bits per heavy atom. The number of aliphatic hydroxyl groups excluding tert-OH is 1. The number of rotatable bonds is 4. The average molecular weight is 187 g/mol. The van der Waals surface area contributed by atoms with E-state index < -0.39 is 0 Å². The van der Waals surface area contributed by atoms with E-state index in [-0.39, 0.29) is 6.61 Å². The van der Waals surface area contributed by atoms with E-state index in [0.29, 0.717) is 24.1 Å². The van der Waals surface area contributed by atoms with Crippen LogP contribution in [0.1, 0.15) is 27.2 Å². The van der Waals surface area contributed by atoms with Crippen LogP contribution >= 0.6 is 0 Å². The number of hydrogen-bond acceptors (Lipinski definition) is 3. The van der Waals surface area contributed by atoms with Gasteiger partial charge in [-0.3, -0.25) is 0 Å². The summed E-state index contributed by atoms with van der Waals surface area (Å²) in [5.74, 6) is 0.313. The van der Waals surface area contributed by atoms with Gasteiger partial charge in [0.25, 0.3) is 0 Å². The van der Waals surface area contributed by atoms with Crippen LogP contribution < -0.4 is 5.32 Å². The third kappa shape index (κ3) is 2.93. The molecule has 3 nitrogen and oxygen atoms in total. The Kier molecular flexibility index (Phi) is 4.16. The van der Waals surface area contributed by atoms with Crippen LogP contribution in [-0.4, -0.2) is 36.5 Å². The summed E-state index contributed by atoms with van der Waals surface area (Å²) < 4.78 is 5.45. The zero-order valence-corrected chi connectivity index (χ0v) is 8.79. The van der Waals surface area contributed by atoms with Gasteiger partial charge in [0, 0.05) is 25.3 Å². The first-order valence-electron chi connectivity index (χ1n) is 5.13. The maximum absolute atomic E-state index is 8.97. The van der Waals surface area contributed by atoms with E-state index in [0.717, 1.165) is 13.0 Å². The topological polar surface area (TPSA) is 41.5 Å². The second kappa shape index (κ2) is 4.94. The van der Waals surface area contributed by atoms with Gasteiger partial charge in [-0.15, -0.1) is 0 Å². The molecule has 1 rings (SSSR count). The Balaban J connectivity index is 2.30. The van der Waals surface area contributed by atoms with Crippen molar-refractivity contribution in [2.24, 2.45) is 5.92 Å². The fourth-order valence-electron chi connectivity index (χ4n) is 1.61. The molecule has 0 aliphatic carbocycles. The first-order chi connectivity index (χ1) is 6.15. The van der Waals surface area contributed by atoms with Crippen LogP contribution in [0.15, 0.2) is 0 Å². The molecule has 1 heterocycles. The van der Waals surface area contributed by atoms with Gasteiger partial charge >= 0.3 is 0 Å². The van der Waals surface area contributed by atoms with E-state index >= 15 is 0 Å². The minimum atomic E-state index is 0.246. The zero-order chi connectivity index (χ0) is 9.84. The van der Waals surface area contributed by atoms with Gasteiger partial charge in [-0.05, 0) is 26.2 Å². The summed E-state index contributed by atoms with van der Waals surface area (Å²) in [4.78, 5) is 0. The molecule has 1 fully saturated rings. The second-order valence-corrected chi connectivity index (χ2v) is 4.09. The summed E-state index contributed by atoms with van der Waals surface area (Å²) in [5, 5.41) is 12.5. The monoisotopic (exact) mass is 187 g/mol. The van der Waals surface area contributed by atoms with E-state index in [1.54, 1.807) is 0 Å². The van der Waals surface area contributed by atoms with Crippen LogP contribution in [0.5, 0.6) is 0 Å². The highest BCUT2D eigenvalue weighted by Crippen LogP contribution is 2.14. The number of ether oxygens (including phenoxy) is 1. The SMILES string of the molecule is CC(CO)C(C)NC1CCOC1C. The van der Waals surface area contributed by atoms with Gasteiger partial charge < -0.3 is 15.2 Å². The van der Waals surface area contributed by atoms with Crippen molar-refractivity contribution in [3.63, 3.8) is 0 Å². The number of aliphatic hydroxyl groups is 1. The van der Waals surface area contributed by atoms with Crippen molar-refractivity contribution < 1.29 is 9.84 Å². The summed E-state index contributed by atoms with van der Waals surface area (Å²) in [6.07, 6.45) is 1.40. The summed E-state index contributed by atoms with van der Waals surface area (Å²) >= 11 is 0. The Labute approximate surface area is 80.5 Å². The Morgan fingerprint density at radius 1 is 1.54 bits per heavy atom. The molecule has 13 heavy (non-hydrogen) atoms. The van der Waals surface area contributed by atoms with E-state index in [1.165, 1.54) is 0 Å². The molecular formula is C10H21NO2. The average Bonchev–Trinajstić information content (AvgIpc) is 2.50. The van der Waals surface area contributed by atoms with Gasteiger partial charge in [-0.1, -0.05) is 6.92 Å². The van der Waals surface area contributed by atoms with E-state index in [9.17, 15) is 0 Å². The molecular weight excluding hydrogens is 166 g/mol. The molecule has 78 valence electrons. The molecule has 0 amide bonds. The van der Waals surface area contributed by atoms with Crippen molar-refractivity contribution in [1.29, 1.82) is 0 Å². The largest absolute Gasteiger partial charge is 0.396 e. The van der Waals surface area contributed by atoms with E-state index in [2.05, 4.69) is 26.1 Å². The Bertz CT molecular complexity index is 152. The molecule has 0 saturated carbocycles. The highest BCUT2D eigenvalue weighted by molar-refractivity contribution is 4.82. The molecule has 0 aromatic carbocycles. The van der Waals surface area contributed by atoms with Crippen molar-refractivity contribution in [1.82, 2.24) is 5.32 Å². The predicted molar refractivity (Wildman–Crippen MR) is 52.7 cm³/mol. The quantitative estimate of drug-likeness (QED) is 0.683. The molecule has 4 unspecified atom stereocenters. The van der Waals surface area contributed by atoms with Crippen LogP contribution in [0.3, 0.4) is 0 Å². The summed E-state index contributed by atoms with van der Waals surface area (Å²) in [6.45, 7) is 7.38. The van der Waals surface area contributed by atoms with Crippen LogP contribution in [0, 0.1) is 5.92 Å². The molecule has 1 aliphatic rings. The molecule has 3 heteroatoms. The predicted octanol–water partition coefficient (Wildman–Crippen LogP) is 0.770. The maximum atomic E-state index is 8.97. The van der Waals surface area contributed by atoms with Crippen molar-refractivity contribution >= 4 is 0 Å². The third-order valence-electron chi connectivity index (χ3n) is 2.99. The number of nitrogens with one attached hydrogen (secondary N) is 1. The summed E-state index contributed by atoms with van der Waals surface area (Å²) in [7, 11) is 0. The minimum absolute atomic E-state index is 0.246. The smallest absolute Gasteiger partial charge is 0.0700 e. The Hall–Kier alpha value is -0.120. The van der Waals surface area contributed by atoms with Gasteiger partial charge in [0.15, 0.2) is 0 Å². The lowest BCUT2D eigenvalue weighted by Crippen LogP contribution is -2.44. The summed E-state index contributed by atoms with van der Waals surface area (Å²) in [5.41, 5.74) is 0. The first kappa shape index (κ1) is 11.0. The lowest BCUT2D eigenvalue weighted by Gasteiger charge is -2.25. The fourth-order valence-corrected chi connectivity index (χ4v) is 1.61. The molecule has 1 saturated heterocycles. The second-order valence-electron chi connectivity index (χ2n) is 4.09. The standard InChI is InChI=1S/C10H21NO2/c1-7(6-12)8(2)11-10-4-5-13-9(10)3/h7-12H,4-6H2,1-3H3. The van der Waals surface area contributed by atoms with Crippen LogP contribution in [0.4, 0.5) is 0 Å². The van der Waals surface area contributed by atoms with Crippen molar-refractivity contribution in [2.75, 3.05) is 13.2 Å². The van der Waals surface area contributed by atoms with Crippen molar-refractivity contribution in [3.05, 3.63) is 0 Å². The van der Waals surface area contributed by atoms with E-state index in [1.807, 2.05) is 0 Å². The molecule has 4 atom stereocenters. The first-order valence-corrected chi connectivity index (χ1v) is 5.13. The lowest BCUT2D eigenvalue weighted by molar-refractivity contribution is 0.107. The van der Waals surface area contributed by atoms with E-state index in [4.69, 9.17) is 9.84 Å². The molecule has 0 radical (unpaired) electrons. The van der Waals surface area contributed by atoms with Crippen LogP contribution in [0.2, 0.25) is 0 Å². The third-order valence-corrected chi connectivity index (χ3v) is 2.99. The van der Waals surface area contributed by atoms with Crippen LogP contribution in [-0.2, 0) is 4.74 Å². The van der Waals surface area contributed by atoms with Crippen molar-refractivity contribution in [2.45, 2.75) is 45.4 Å². The normalized spacial score (nSPS) is 33.2. The highest BCUT2D eigenvalue weighted by atomic mass is 16.5. The van der Waals surface area contributed by atoms with Gasteiger partial charge in [0.1, 0.15) is 0 Å². The minimum Gasteiger partial charge on any atom is -0.396 e. The highest BCUT2D eigenvalue weighted by Gasteiger charge is 2.26. The molecule has 0 spiro atoms. The maximum Gasteiger partial charge on any atom is 0.0700 e. The lowest BCUT2D eigenvalue weighted by atomic mass is 10.0. The van der Waals surface area contributed by atoms with Crippen LogP contribution in [0.25, 0.3) is 0 Å². The molecule has 1 aliphatic heterocycles. The summed E-state index contributed by atoms with van der Waals surface area (Å²) in [6, 6.07) is 0.822. The van der Waals surface area contributed by atoms with Gasteiger partial charge in [-0.2, -0.15) is 0 Å². The Morgan fingerprint density at radius 3 is 2.69 bits per heavy atom. The fraction of sp³-hybridized carbons (Fsp3) is 1.00.